The van der Waals surface area contributed by atoms with Crippen molar-refractivity contribution in [3.63, 3.8) is 0 Å². The number of aryl methyl sites for hydroxylation is 1. The van der Waals surface area contributed by atoms with Gasteiger partial charge >= 0.3 is 5.97 Å². The van der Waals surface area contributed by atoms with Crippen LogP contribution in [0.3, 0.4) is 0 Å². The number of hydrogen-bond acceptors (Lipinski definition) is 6. The number of hydrogen-bond donors (Lipinski definition) is 1. The first-order valence-corrected chi connectivity index (χ1v) is 10.2. The summed E-state index contributed by atoms with van der Waals surface area (Å²) in [6.07, 6.45) is 0.0581. The van der Waals surface area contributed by atoms with Crippen molar-refractivity contribution in [3.05, 3.63) is 48.0 Å². The molecule has 0 spiro atoms. The third-order valence-electron chi connectivity index (χ3n) is 4.18. The van der Waals surface area contributed by atoms with Crippen LogP contribution in [0.15, 0.2) is 47.4 Å². The lowest BCUT2D eigenvalue weighted by Gasteiger charge is -2.18. The van der Waals surface area contributed by atoms with Crippen LogP contribution in [0.2, 0.25) is 0 Å². The molecular formula is C21H23NO5S. The molecule has 0 saturated heterocycles. The molecule has 6 nitrogen and oxygen atoms in total. The van der Waals surface area contributed by atoms with Gasteiger partial charge in [-0.15, -0.1) is 11.8 Å². The molecule has 0 fully saturated rings. The fourth-order valence-electron chi connectivity index (χ4n) is 2.61. The predicted octanol–water partition coefficient (Wildman–Crippen LogP) is 3.68. The number of carbonyl (C=O) groups is 2. The average molecular weight is 401 g/mol. The Morgan fingerprint density at radius 2 is 1.82 bits per heavy atom. The predicted molar refractivity (Wildman–Crippen MR) is 108 cm³/mol. The van der Waals surface area contributed by atoms with Gasteiger partial charge in [-0.25, -0.2) is 0 Å². The van der Waals surface area contributed by atoms with Crippen molar-refractivity contribution in [3.8, 4) is 11.5 Å². The Morgan fingerprint density at radius 3 is 2.54 bits per heavy atom. The van der Waals surface area contributed by atoms with Gasteiger partial charge in [0, 0.05) is 10.6 Å². The normalized spacial score (nSPS) is 13.5. The monoisotopic (exact) mass is 401 g/mol. The highest BCUT2D eigenvalue weighted by Gasteiger charge is 2.19. The van der Waals surface area contributed by atoms with Gasteiger partial charge in [-0.05, 0) is 49.2 Å². The van der Waals surface area contributed by atoms with Crippen LogP contribution in [0, 0.1) is 0 Å². The van der Waals surface area contributed by atoms with Crippen LogP contribution in [-0.4, -0.2) is 36.9 Å². The van der Waals surface area contributed by atoms with Crippen LogP contribution < -0.4 is 14.8 Å². The minimum absolute atomic E-state index is 0.0997. The Hall–Kier alpha value is -2.67. The zero-order valence-electron chi connectivity index (χ0n) is 15.9. The zero-order valence-corrected chi connectivity index (χ0v) is 16.7. The zero-order chi connectivity index (χ0) is 19.9. The van der Waals surface area contributed by atoms with Crippen molar-refractivity contribution in [1.82, 2.24) is 0 Å². The molecule has 2 aromatic carbocycles. The number of thioether (sulfide) groups is 1. The second-order valence-corrected chi connectivity index (χ2v) is 7.31. The van der Waals surface area contributed by atoms with Crippen LogP contribution >= 0.6 is 11.8 Å². The summed E-state index contributed by atoms with van der Waals surface area (Å²) >= 11 is 1.32. The van der Waals surface area contributed by atoms with Crippen molar-refractivity contribution in [2.75, 3.05) is 24.3 Å². The Balaban J connectivity index is 1.46. The standard InChI is InChI=1S/C21H23NO5S/c1-3-15-4-6-16(7-5-15)22-21(24)14(2)27-20(23)13-28-17-8-9-18-19(12-17)26-11-10-25-18/h4-9,12,14H,3,10-11,13H2,1-2H3,(H,22,24). The molecule has 0 aliphatic carbocycles. The lowest BCUT2D eigenvalue weighted by atomic mass is 10.1. The summed E-state index contributed by atoms with van der Waals surface area (Å²) < 4.78 is 16.2. The summed E-state index contributed by atoms with van der Waals surface area (Å²) in [5.41, 5.74) is 1.87. The minimum atomic E-state index is -0.876. The third kappa shape index (κ3) is 5.42. The highest BCUT2D eigenvalue weighted by molar-refractivity contribution is 8.00. The van der Waals surface area contributed by atoms with Crippen molar-refractivity contribution in [2.24, 2.45) is 0 Å². The van der Waals surface area contributed by atoms with Gasteiger partial charge in [0.05, 0.1) is 5.75 Å². The molecule has 0 radical (unpaired) electrons. The molecule has 1 unspecified atom stereocenters. The van der Waals surface area contributed by atoms with Gasteiger partial charge in [0.2, 0.25) is 0 Å². The summed E-state index contributed by atoms with van der Waals surface area (Å²) in [6.45, 7) is 4.67. The first kappa shape index (κ1) is 20.1. The van der Waals surface area contributed by atoms with E-state index in [1.807, 2.05) is 42.5 Å². The Labute approximate surface area is 168 Å². The van der Waals surface area contributed by atoms with Gasteiger partial charge in [-0.3, -0.25) is 9.59 Å². The number of rotatable bonds is 7. The van der Waals surface area contributed by atoms with Crippen LogP contribution in [0.25, 0.3) is 0 Å². The molecule has 1 atom stereocenters. The van der Waals surface area contributed by atoms with E-state index < -0.39 is 12.1 Å². The average Bonchev–Trinajstić information content (AvgIpc) is 2.72. The highest BCUT2D eigenvalue weighted by atomic mass is 32.2. The summed E-state index contributed by atoms with van der Waals surface area (Å²) in [5, 5.41) is 2.75. The number of anilines is 1. The van der Waals surface area contributed by atoms with Crippen molar-refractivity contribution >= 4 is 29.3 Å². The van der Waals surface area contributed by atoms with Crippen LogP contribution in [0.5, 0.6) is 11.5 Å². The SMILES string of the molecule is CCc1ccc(NC(=O)C(C)OC(=O)CSc2ccc3c(c2)OCCO3)cc1. The van der Waals surface area contributed by atoms with Gasteiger partial charge in [0.15, 0.2) is 17.6 Å². The van der Waals surface area contributed by atoms with Gasteiger partial charge in [0.25, 0.3) is 5.91 Å². The number of nitrogens with one attached hydrogen (secondary N) is 1. The lowest BCUT2D eigenvalue weighted by Crippen LogP contribution is -2.30. The minimum Gasteiger partial charge on any atom is -0.486 e. The maximum Gasteiger partial charge on any atom is 0.317 e. The molecule has 1 amide bonds. The largest absolute Gasteiger partial charge is 0.486 e. The second-order valence-electron chi connectivity index (χ2n) is 6.27. The number of ether oxygens (including phenoxy) is 3. The summed E-state index contributed by atoms with van der Waals surface area (Å²) in [5.74, 6) is 0.662. The molecule has 148 valence electrons. The van der Waals surface area contributed by atoms with Crippen LogP contribution in [0.4, 0.5) is 5.69 Å². The van der Waals surface area contributed by atoms with Gasteiger partial charge in [0.1, 0.15) is 13.2 Å². The first-order valence-electron chi connectivity index (χ1n) is 9.17. The molecule has 7 heteroatoms. The third-order valence-corrected chi connectivity index (χ3v) is 5.14. The molecular weight excluding hydrogens is 378 g/mol. The molecule has 1 aliphatic heterocycles. The number of benzene rings is 2. The van der Waals surface area contributed by atoms with Gasteiger partial charge in [-0.2, -0.15) is 0 Å². The fraction of sp³-hybridized carbons (Fsp3) is 0.333. The highest BCUT2D eigenvalue weighted by Crippen LogP contribution is 2.34. The molecule has 0 saturated carbocycles. The van der Waals surface area contributed by atoms with Gasteiger partial charge in [-0.1, -0.05) is 19.1 Å². The molecule has 3 rings (SSSR count). The summed E-state index contributed by atoms with van der Waals surface area (Å²) in [6, 6.07) is 13.1. The summed E-state index contributed by atoms with van der Waals surface area (Å²) in [7, 11) is 0. The quantitative estimate of drug-likeness (QED) is 0.564. The smallest absolute Gasteiger partial charge is 0.317 e. The molecule has 0 bridgehead atoms. The van der Waals surface area contributed by atoms with E-state index in [9.17, 15) is 9.59 Å². The number of amides is 1. The Bertz CT molecular complexity index is 837. The van der Waals surface area contributed by atoms with E-state index in [-0.39, 0.29) is 11.7 Å². The number of fused-ring (bicyclic) bond motifs is 1. The van der Waals surface area contributed by atoms with Crippen molar-refractivity contribution < 1.29 is 23.8 Å². The van der Waals surface area contributed by atoms with E-state index in [4.69, 9.17) is 14.2 Å². The Kier molecular flexibility index (Phi) is 6.81. The van der Waals surface area contributed by atoms with Crippen molar-refractivity contribution in [1.29, 1.82) is 0 Å². The molecule has 2 aromatic rings. The topological polar surface area (TPSA) is 73.9 Å². The molecule has 28 heavy (non-hydrogen) atoms. The van der Waals surface area contributed by atoms with E-state index in [2.05, 4.69) is 12.2 Å². The second kappa shape index (κ2) is 9.50. The molecule has 1 aliphatic rings. The van der Waals surface area contributed by atoms with Crippen molar-refractivity contribution in [2.45, 2.75) is 31.3 Å². The molecule has 1 heterocycles. The van der Waals surface area contributed by atoms with E-state index >= 15 is 0 Å². The molecule has 0 aromatic heterocycles. The molecule has 1 N–H and O–H groups in total. The Morgan fingerprint density at radius 1 is 1.11 bits per heavy atom. The number of carbonyl (C=O) groups excluding carboxylic acids is 2. The van der Waals surface area contributed by atoms with Crippen LogP contribution in [0.1, 0.15) is 19.4 Å². The first-order chi connectivity index (χ1) is 13.5. The maximum atomic E-state index is 12.2. The van der Waals surface area contributed by atoms with E-state index in [0.29, 0.717) is 30.4 Å². The number of esters is 1. The summed E-state index contributed by atoms with van der Waals surface area (Å²) in [4.78, 5) is 25.2. The fourth-order valence-corrected chi connectivity index (χ4v) is 3.32. The van der Waals surface area contributed by atoms with Gasteiger partial charge < -0.3 is 19.5 Å². The van der Waals surface area contributed by atoms with E-state index in [0.717, 1.165) is 11.3 Å². The van der Waals surface area contributed by atoms with Crippen LogP contribution in [-0.2, 0) is 20.7 Å². The van der Waals surface area contributed by atoms with E-state index in [1.54, 1.807) is 6.92 Å². The van der Waals surface area contributed by atoms with E-state index in [1.165, 1.54) is 17.3 Å². The lowest BCUT2D eigenvalue weighted by molar-refractivity contribution is -0.150. The maximum absolute atomic E-state index is 12.2.